The second-order valence-corrected chi connectivity index (χ2v) is 5.19. The molecule has 0 radical (unpaired) electrons. The minimum Gasteiger partial charge on any atom is -0.399 e. The first-order valence-electron chi connectivity index (χ1n) is 7.27. The molecular formula is C16H22N4O. The number of nitrogen functional groups attached to an aromatic ring is 1. The molecule has 1 aromatic carbocycles. The van der Waals surface area contributed by atoms with E-state index in [0.29, 0.717) is 18.7 Å². The van der Waals surface area contributed by atoms with Gasteiger partial charge in [-0.15, -0.1) is 0 Å². The van der Waals surface area contributed by atoms with E-state index in [1.807, 2.05) is 31.2 Å². The number of anilines is 2. The van der Waals surface area contributed by atoms with Crippen LogP contribution in [0.25, 0.3) is 10.9 Å². The van der Waals surface area contributed by atoms with Crippen molar-refractivity contribution >= 4 is 28.2 Å². The summed E-state index contributed by atoms with van der Waals surface area (Å²) in [6.07, 6.45) is 3.13. The second-order valence-electron chi connectivity index (χ2n) is 5.19. The van der Waals surface area contributed by atoms with Gasteiger partial charge in [-0.3, -0.25) is 9.78 Å². The number of benzene rings is 1. The molecule has 2 aromatic rings. The van der Waals surface area contributed by atoms with Gasteiger partial charge in [0.1, 0.15) is 0 Å². The van der Waals surface area contributed by atoms with Crippen LogP contribution in [0.15, 0.2) is 30.5 Å². The topological polar surface area (TPSA) is 80.0 Å². The van der Waals surface area contributed by atoms with Crippen LogP contribution in [0.3, 0.4) is 0 Å². The lowest BCUT2D eigenvalue weighted by Crippen LogP contribution is -2.32. The number of carbonyl (C=O) groups is 1. The zero-order valence-electron chi connectivity index (χ0n) is 12.5. The molecule has 0 aliphatic carbocycles. The molecule has 4 N–H and O–H groups in total. The maximum Gasteiger partial charge on any atom is 0.221 e. The lowest BCUT2D eigenvalue weighted by molar-refractivity contribution is -0.121. The van der Waals surface area contributed by atoms with E-state index >= 15 is 0 Å². The van der Waals surface area contributed by atoms with E-state index < -0.39 is 0 Å². The van der Waals surface area contributed by atoms with E-state index in [4.69, 9.17) is 5.73 Å². The molecule has 0 fully saturated rings. The van der Waals surface area contributed by atoms with Crippen molar-refractivity contribution in [3.8, 4) is 0 Å². The number of hydrogen-bond donors (Lipinski definition) is 3. The van der Waals surface area contributed by atoms with Gasteiger partial charge in [-0.25, -0.2) is 0 Å². The fraction of sp³-hybridized carbons (Fsp3) is 0.375. The standard InChI is InChI=1S/C16H22N4O/c1-3-11(2)20-16(21)7-9-18-14-6-8-19-15-10-12(17)4-5-13(14)15/h4-6,8,10-11H,3,7,9,17H2,1-2H3,(H,18,19)(H,20,21). The normalized spacial score (nSPS) is 12.1. The first kappa shape index (κ1) is 15.1. The van der Waals surface area contributed by atoms with Crippen molar-refractivity contribution in [2.75, 3.05) is 17.6 Å². The average molecular weight is 286 g/mol. The number of fused-ring (bicyclic) bond motifs is 1. The molecule has 0 aliphatic rings. The Morgan fingerprint density at radius 2 is 2.19 bits per heavy atom. The highest BCUT2D eigenvalue weighted by molar-refractivity contribution is 5.92. The molecule has 1 unspecified atom stereocenters. The van der Waals surface area contributed by atoms with Gasteiger partial charge in [-0.2, -0.15) is 0 Å². The van der Waals surface area contributed by atoms with Crippen molar-refractivity contribution in [1.82, 2.24) is 10.3 Å². The Balaban J connectivity index is 1.96. The second kappa shape index (κ2) is 6.92. The van der Waals surface area contributed by atoms with Crippen molar-refractivity contribution < 1.29 is 4.79 Å². The SMILES string of the molecule is CCC(C)NC(=O)CCNc1ccnc2cc(N)ccc12. The zero-order chi connectivity index (χ0) is 15.2. The molecule has 0 spiro atoms. The monoisotopic (exact) mass is 286 g/mol. The van der Waals surface area contributed by atoms with Gasteiger partial charge in [0.15, 0.2) is 0 Å². The maximum absolute atomic E-state index is 11.7. The van der Waals surface area contributed by atoms with Crippen LogP contribution in [0.2, 0.25) is 0 Å². The molecule has 5 heteroatoms. The van der Waals surface area contributed by atoms with Crippen molar-refractivity contribution in [2.45, 2.75) is 32.7 Å². The van der Waals surface area contributed by atoms with Crippen LogP contribution in [0.5, 0.6) is 0 Å². The quantitative estimate of drug-likeness (QED) is 0.713. The number of carbonyl (C=O) groups excluding carboxylic acids is 1. The lowest BCUT2D eigenvalue weighted by Gasteiger charge is -2.12. The summed E-state index contributed by atoms with van der Waals surface area (Å²) in [4.78, 5) is 16.0. The van der Waals surface area contributed by atoms with E-state index in [9.17, 15) is 4.79 Å². The molecule has 0 saturated heterocycles. The number of rotatable bonds is 6. The smallest absolute Gasteiger partial charge is 0.221 e. The summed E-state index contributed by atoms with van der Waals surface area (Å²) in [5, 5.41) is 7.25. The van der Waals surface area contributed by atoms with Gasteiger partial charge in [-0.1, -0.05) is 6.92 Å². The molecule has 2 rings (SSSR count). The van der Waals surface area contributed by atoms with Gasteiger partial charge in [0.25, 0.3) is 0 Å². The minimum atomic E-state index is 0.0689. The third-order valence-electron chi connectivity index (χ3n) is 3.45. The Morgan fingerprint density at radius 1 is 1.38 bits per heavy atom. The molecule has 0 saturated carbocycles. The zero-order valence-corrected chi connectivity index (χ0v) is 12.5. The molecule has 5 nitrogen and oxygen atoms in total. The predicted molar refractivity (Wildman–Crippen MR) is 87.2 cm³/mol. The van der Waals surface area contributed by atoms with E-state index in [1.54, 1.807) is 6.20 Å². The van der Waals surface area contributed by atoms with Crippen LogP contribution < -0.4 is 16.4 Å². The maximum atomic E-state index is 11.7. The van der Waals surface area contributed by atoms with Gasteiger partial charge in [0.2, 0.25) is 5.91 Å². The Labute approximate surface area is 124 Å². The van der Waals surface area contributed by atoms with Crippen molar-refractivity contribution in [1.29, 1.82) is 0 Å². The molecule has 1 amide bonds. The van der Waals surface area contributed by atoms with Gasteiger partial charge in [-0.05, 0) is 37.6 Å². The van der Waals surface area contributed by atoms with Crippen molar-refractivity contribution in [2.24, 2.45) is 0 Å². The van der Waals surface area contributed by atoms with E-state index in [0.717, 1.165) is 23.0 Å². The van der Waals surface area contributed by atoms with Crippen LogP contribution in [0.4, 0.5) is 11.4 Å². The van der Waals surface area contributed by atoms with Gasteiger partial charge in [0, 0.05) is 42.0 Å². The predicted octanol–water partition coefficient (Wildman–Crippen LogP) is 2.53. The Bertz CT molecular complexity index is 627. The molecule has 0 aliphatic heterocycles. The Kier molecular flexibility index (Phi) is 4.98. The highest BCUT2D eigenvalue weighted by Crippen LogP contribution is 2.23. The highest BCUT2D eigenvalue weighted by Gasteiger charge is 2.06. The van der Waals surface area contributed by atoms with E-state index in [1.165, 1.54) is 0 Å². The first-order valence-corrected chi connectivity index (χ1v) is 7.27. The summed E-state index contributed by atoms with van der Waals surface area (Å²) < 4.78 is 0. The number of amides is 1. The van der Waals surface area contributed by atoms with Crippen LogP contribution in [-0.4, -0.2) is 23.5 Å². The Morgan fingerprint density at radius 3 is 2.95 bits per heavy atom. The largest absolute Gasteiger partial charge is 0.399 e. The third kappa shape index (κ3) is 4.08. The fourth-order valence-corrected chi connectivity index (χ4v) is 2.08. The van der Waals surface area contributed by atoms with E-state index in [2.05, 4.69) is 22.5 Å². The molecule has 21 heavy (non-hydrogen) atoms. The molecular weight excluding hydrogens is 264 g/mol. The van der Waals surface area contributed by atoms with Gasteiger partial charge >= 0.3 is 0 Å². The van der Waals surface area contributed by atoms with Crippen molar-refractivity contribution in [3.63, 3.8) is 0 Å². The summed E-state index contributed by atoms with van der Waals surface area (Å²) in [6.45, 7) is 4.65. The van der Waals surface area contributed by atoms with Gasteiger partial charge in [0.05, 0.1) is 5.52 Å². The molecule has 1 heterocycles. The molecule has 1 atom stereocenters. The van der Waals surface area contributed by atoms with Crippen LogP contribution in [0, 0.1) is 0 Å². The lowest BCUT2D eigenvalue weighted by atomic mass is 10.1. The summed E-state index contributed by atoms with van der Waals surface area (Å²) in [6, 6.07) is 7.77. The number of nitrogens with zero attached hydrogens (tertiary/aromatic N) is 1. The van der Waals surface area contributed by atoms with E-state index in [-0.39, 0.29) is 11.9 Å². The summed E-state index contributed by atoms with van der Waals surface area (Å²) >= 11 is 0. The summed E-state index contributed by atoms with van der Waals surface area (Å²) in [7, 11) is 0. The number of pyridine rings is 1. The molecule has 1 aromatic heterocycles. The summed E-state index contributed by atoms with van der Waals surface area (Å²) in [5.41, 5.74) is 8.27. The Hall–Kier alpha value is -2.30. The summed E-state index contributed by atoms with van der Waals surface area (Å²) in [5.74, 6) is 0.0689. The van der Waals surface area contributed by atoms with Crippen LogP contribution in [-0.2, 0) is 4.79 Å². The minimum absolute atomic E-state index is 0.0689. The number of nitrogens with one attached hydrogen (secondary N) is 2. The number of nitrogens with two attached hydrogens (primary N) is 1. The first-order chi connectivity index (χ1) is 10.1. The molecule has 0 bridgehead atoms. The number of hydrogen-bond acceptors (Lipinski definition) is 4. The fourth-order valence-electron chi connectivity index (χ4n) is 2.08. The average Bonchev–Trinajstić information content (AvgIpc) is 2.46. The van der Waals surface area contributed by atoms with Gasteiger partial charge < -0.3 is 16.4 Å². The highest BCUT2D eigenvalue weighted by atomic mass is 16.1. The number of aromatic nitrogens is 1. The van der Waals surface area contributed by atoms with Crippen LogP contribution >= 0.6 is 0 Å². The van der Waals surface area contributed by atoms with Crippen LogP contribution in [0.1, 0.15) is 26.7 Å². The third-order valence-corrected chi connectivity index (χ3v) is 3.45. The van der Waals surface area contributed by atoms with Crippen molar-refractivity contribution in [3.05, 3.63) is 30.5 Å². The molecule has 112 valence electrons.